The number of alkyl halides is 1. The molecule has 1 atom stereocenters. The van der Waals surface area contributed by atoms with Gasteiger partial charge in [0.2, 0.25) is 5.95 Å². The summed E-state index contributed by atoms with van der Waals surface area (Å²) in [7, 11) is 0. The van der Waals surface area contributed by atoms with Gasteiger partial charge in [-0.3, -0.25) is 0 Å². The minimum absolute atomic E-state index is 0.680. The van der Waals surface area contributed by atoms with Crippen molar-refractivity contribution in [1.82, 2.24) is 0 Å². The molecule has 4 heteroatoms. The summed E-state index contributed by atoms with van der Waals surface area (Å²) >= 11 is 0. The van der Waals surface area contributed by atoms with Crippen LogP contribution in [-0.2, 0) is 0 Å². The molecule has 0 saturated heterocycles. The van der Waals surface area contributed by atoms with Gasteiger partial charge in [-0.05, 0) is 13.0 Å². The Morgan fingerprint density at radius 2 is 2.08 bits per heavy atom. The van der Waals surface area contributed by atoms with E-state index in [0.717, 1.165) is 12.4 Å². The molecule has 13 heavy (non-hydrogen) atoms. The molecule has 0 heterocycles. The quantitative estimate of drug-likeness (QED) is 0.520. The second kappa shape index (κ2) is 4.84. The number of hydrogen-bond acceptors (Lipinski definition) is 2. The smallest absolute Gasteiger partial charge is 0.209 e. The van der Waals surface area contributed by atoms with Crippen LogP contribution < -0.4 is 0 Å². The number of halogens is 2. The first-order chi connectivity index (χ1) is 5.87. The standard InChI is InChI=1S/C9H14F2N2/c1-7(10)5-13-8(11)4-9(2,3)6-12/h4-7,12H,1-3H3/b8-4-,12-6?,13-5-. The number of aliphatic imine (C=N–C) groups is 1. The summed E-state index contributed by atoms with van der Waals surface area (Å²) in [5.41, 5.74) is -0.680. The molecule has 0 spiro atoms. The van der Waals surface area contributed by atoms with E-state index < -0.39 is 17.5 Å². The lowest BCUT2D eigenvalue weighted by molar-refractivity contribution is 0.459. The van der Waals surface area contributed by atoms with Crippen molar-refractivity contribution in [1.29, 1.82) is 5.41 Å². The van der Waals surface area contributed by atoms with Crippen molar-refractivity contribution in [3.63, 3.8) is 0 Å². The lowest BCUT2D eigenvalue weighted by atomic mass is 9.95. The number of hydrogen-bond donors (Lipinski definition) is 1. The van der Waals surface area contributed by atoms with E-state index in [-0.39, 0.29) is 0 Å². The highest BCUT2D eigenvalue weighted by molar-refractivity contribution is 5.65. The largest absolute Gasteiger partial charge is 0.312 e. The number of nitrogens with zero attached hydrogens (tertiary/aromatic N) is 1. The molecule has 0 aliphatic heterocycles. The van der Waals surface area contributed by atoms with Crippen LogP contribution >= 0.6 is 0 Å². The topological polar surface area (TPSA) is 36.2 Å². The average Bonchev–Trinajstić information content (AvgIpc) is 2.00. The van der Waals surface area contributed by atoms with Gasteiger partial charge < -0.3 is 5.41 Å². The maximum absolute atomic E-state index is 12.8. The average molecular weight is 188 g/mol. The molecule has 2 nitrogen and oxygen atoms in total. The highest BCUT2D eigenvalue weighted by atomic mass is 19.1. The van der Waals surface area contributed by atoms with Crippen molar-refractivity contribution in [2.45, 2.75) is 26.9 Å². The van der Waals surface area contributed by atoms with E-state index in [4.69, 9.17) is 5.41 Å². The second-order valence-corrected chi connectivity index (χ2v) is 3.39. The fourth-order valence-electron chi connectivity index (χ4n) is 0.560. The molecule has 0 fully saturated rings. The lowest BCUT2D eigenvalue weighted by Gasteiger charge is -2.10. The van der Waals surface area contributed by atoms with Gasteiger partial charge in [-0.2, -0.15) is 4.39 Å². The van der Waals surface area contributed by atoms with E-state index in [1.165, 1.54) is 13.0 Å². The van der Waals surface area contributed by atoms with Gasteiger partial charge in [0, 0.05) is 17.8 Å². The number of rotatable bonds is 4. The van der Waals surface area contributed by atoms with E-state index in [9.17, 15) is 8.78 Å². The van der Waals surface area contributed by atoms with Crippen molar-refractivity contribution in [2.24, 2.45) is 10.4 Å². The first-order valence-corrected chi connectivity index (χ1v) is 3.95. The van der Waals surface area contributed by atoms with Gasteiger partial charge in [-0.15, -0.1) is 0 Å². The molecule has 1 unspecified atom stereocenters. The third-order valence-corrected chi connectivity index (χ3v) is 1.27. The Morgan fingerprint density at radius 1 is 1.54 bits per heavy atom. The van der Waals surface area contributed by atoms with E-state index in [2.05, 4.69) is 4.99 Å². The fourth-order valence-corrected chi connectivity index (χ4v) is 0.560. The Bertz CT molecular complexity index is 230. The third-order valence-electron chi connectivity index (χ3n) is 1.27. The molecule has 1 N–H and O–H groups in total. The van der Waals surface area contributed by atoms with E-state index >= 15 is 0 Å². The van der Waals surface area contributed by atoms with Crippen molar-refractivity contribution < 1.29 is 8.78 Å². The van der Waals surface area contributed by atoms with Crippen molar-refractivity contribution in [2.75, 3.05) is 0 Å². The minimum atomic E-state index is -1.26. The molecule has 0 saturated carbocycles. The normalized spacial score (nSPS) is 16.2. The van der Waals surface area contributed by atoms with Crippen LogP contribution in [0, 0.1) is 10.8 Å². The molecular formula is C9H14F2N2. The minimum Gasteiger partial charge on any atom is -0.312 e. The monoisotopic (exact) mass is 188 g/mol. The molecule has 0 radical (unpaired) electrons. The summed E-state index contributed by atoms with van der Waals surface area (Å²) in [6.45, 7) is 4.58. The Kier molecular flexibility index (Phi) is 4.45. The second-order valence-electron chi connectivity index (χ2n) is 3.39. The zero-order valence-electron chi connectivity index (χ0n) is 8.01. The molecular weight excluding hydrogens is 174 g/mol. The zero-order chi connectivity index (χ0) is 10.5. The van der Waals surface area contributed by atoms with Gasteiger partial charge >= 0.3 is 0 Å². The van der Waals surface area contributed by atoms with Gasteiger partial charge in [-0.25, -0.2) is 9.38 Å². The van der Waals surface area contributed by atoms with Crippen LogP contribution in [0.2, 0.25) is 0 Å². The Hall–Kier alpha value is -1.06. The summed E-state index contributed by atoms with van der Waals surface area (Å²) in [5.74, 6) is -0.766. The summed E-state index contributed by atoms with van der Waals surface area (Å²) < 4.78 is 25.0. The van der Waals surface area contributed by atoms with Crippen LogP contribution in [0.4, 0.5) is 8.78 Å². The molecule has 0 aromatic heterocycles. The lowest BCUT2D eigenvalue weighted by Crippen LogP contribution is -2.08. The Labute approximate surface area is 76.9 Å². The Balaban J connectivity index is 4.41. The summed E-state index contributed by atoms with van der Waals surface area (Å²) in [6, 6.07) is 0. The Morgan fingerprint density at radius 3 is 2.46 bits per heavy atom. The number of allylic oxidation sites excluding steroid dienone is 1. The van der Waals surface area contributed by atoms with Gasteiger partial charge in [-0.1, -0.05) is 13.8 Å². The van der Waals surface area contributed by atoms with Crippen LogP contribution in [0.3, 0.4) is 0 Å². The third kappa shape index (κ3) is 6.13. The maximum atomic E-state index is 12.8. The molecule has 0 aliphatic rings. The van der Waals surface area contributed by atoms with Crippen LogP contribution in [0.1, 0.15) is 20.8 Å². The molecule has 0 amide bonds. The predicted octanol–water partition coefficient (Wildman–Crippen LogP) is 2.90. The van der Waals surface area contributed by atoms with Gasteiger partial charge in [0.15, 0.2) is 0 Å². The molecule has 0 aromatic rings. The van der Waals surface area contributed by atoms with Gasteiger partial charge in [0.05, 0.1) is 0 Å². The SMILES string of the molecule is CC(F)/C=N\C(F)=C/C(C)(C)C=N. The van der Waals surface area contributed by atoms with E-state index in [1.54, 1.807) is 13.8 Å². The predicted molar refractivity (Wildman–Crippen MR) is 50.8 cm³/mol. The summed E-state index contributed by atoms with van der Waals surface area (Å²) in [6.07, 6.45) is 1.88. The highest BCUT2D eigenvalue weighted by Crippen LogP contribution is 2.17. The van der Waals surface area contributed by atoms with Crippen molar-refractivity contribution in [3.05, 3.63) is 12.0 Å². The summed E-state index contributed by atoms with van der Waals surface area (Å²) in [4.78, 5) is 3.25. The molecule has 0 bridgehead atoms. The molecule has 74 valence electrons. The highest BCUT2D eigenvalue weighted by Gasteiger charge is 2.11. The van der Waals surface area contributed by atoms with Gasteiger partial charge in [0.25, 0.3) is 0 Å². The summed E-state index contributed by atoms with van der Waals surface area (Å²) in [5, 5.41) is 6.95. The van der Waals surface area contributed by atoms with E-state index in [0.29, 0.717) is 0 Å². The molecule has 0 aromatic carbocycles. The van der Waals surface area contributed by atoms with Gasteiger partial charge in [0.1, 0.15) is 6.17 Å². The van der Waals surface area contributed by atoms with Crippen LogP contribution in [0.25, 0.3) is 0 Å². The maximum Gasteiger partial charge on any atom is 0.209 e. The first kappa shape index (κ1) is 11.9. The first-order valence-electron chi connectivity index (χ1n) is 3.95. The van der Waals surface area contributed by atoms with Crippen LogP contribution in [0.5, 0.6) is 0 Å². The van der Waals surface area contributed by atoms with Crippen LogP contribution in [-0.4, -0.2) is 18.6 Å². The number of nitrogens with one attached hydrogen (secondary N) is 1. The fraction of sp³-hybridized carbons (Fsp3) is 0.556. The molecule has 0 rings (SSSR count). The van der Waals surface area contributed by atoms with Crippen molar-refractivity contribution in [3.8, 4) is 0 Å². The zero-order valence-corrected chi connectivity index (χ0v) is 8.01. The van der Waals surface area contributed by atoms with Crippen LogP contribution in [0.15, 0.2) is 17.0 Å². The van der Waals surface area contributed by atoms with E-state index in [1.807, 2.05) is 0 Å². The molecule has 0 aliphatic carbocycles. The van der Waals surface area contributed by atoms with Crippen molar-refractivity contribution >= 4 is 12.4 Å².